The highest BCUT2D eigenvalue weighted by molar-refractivity contribution is 6.21. The lowest BCUT2D eigenvalue weighted by molar-refractivity contribution is 0.0591. The van der Waals surface area contributed by atoms with E-state index in [9.17, 15) is 9.59 Å². The average Bonchev–Trinajstić information content (AvgIpc) is 2.60. The number of nitrogens with zero attached hydrogens (tertiary/aromatic N) is 1. The van der Waals surface area contributed by atoms with Crippen molar-refractivity contribution < 1.29 is 9.59 Å². The fourth-order valence-electron chi connectivity index (χ4n) is 2.10. The largest absolute Gasteiger partial charge is 0.388 e. The van der Waals surface area contributed by atoms with Gasteiger partial charge >= 0.3 is 0 Å². The predicted octanol–water partition coefficient (Wildman–Crippen LogP) is 1.39. The van der Waals surface area contributed by atoms with Gasteiger partial charge in [0.15, 0.2) is 0 Å². The van der Waals surface area contributed by atoms with Crippen LogP contribution in [-0.4, -0.2) is 28.6 Å². The second-order valence-electron chi connectivity index (χ2n) is 4.44. The fourth-order valence-corrected chi connectivity index (χ4v) is 2.10. The lowest BCUT2D eigenvalue weighted by Gasteiger charge is -2.22. The molecule has 1 aromatic rings. The third-order valence-corrected chi connectivity index (χ3v) is 3.10. The van der Waals surface area contributed by atoms with E-state index < -0.39 is 0 Å². The van der Waals surface area contributed by atoms with Crippen LogP contribution in [-0.2, 0) is 0 Å². The molecule has 2 rings (SSSR count). The Morgan fingerprint density at radius 1 is 1.28 bits per heavy atom. The maximum atomic E-state index is 12.1. The van der Waals surface area contributed by atoms with E-state index in [4.69, 9.17) is 11.1 Å². The van der Waals surface area contributed by atoms with Crippen molar-refractivity contribution in [3.63, 3.8) is 0 Å². The number of hydrogen-bond acceptors (Lipinski definition) is 3. The molecule has 0 saturated carbocycles. The summed E-state index contributed by atoms with van der Waals surface area (Å²) in [4.78, 5) is 25.5. The Bertz CT molecular complexity index is 490. The molecule has 0 saturated heterocycles. The van der Waals surface area contributed by atoms with E-state index in [1.165, 1.54) is 4.90 Å². The second kappa shape index (κ2) is 4.60. The van der Waals surface area contributed by atoms with Gasteiger partial charge in [-0.25, -0.2) is 0 Å². The average molecular weight is 245 g/mol. The minimum absolute atomic E-state index is 0.0680. The van der Waals surface area contributed by atoms with E-state index >= 15 is 0 Å². The van der Waals surface area contributed by atoms with Crippen molar-refractivity contribution in [1.82, 2.24) is 4.90 Å². The topological polar surface area (TPSA) is 87.2 Å². The van der Waals surface area contributed by atoms with Crippen molar-refractivity contribution in [2.45, 2.75) is 25.8 Å². The normalized spacial score (nSPS) is 15.7. The van der Waals surface area contributed by atoms with Gasteiger partial charge in [-0.05, 0) is 25.5 Å². The number of nitrogens with one attached hydrogen (secondary N) is 1. The zero-order valence-electron chi connectivity index (χ0n) is 10.1. The number of fused-ring (bicyclic) bond motifs is 1. The summed E-state index contributed by atoms with van der Waals surface area (Å²) in [5, 5.41) is 7.18. The molecule has 1 aliphatic heterocycles. The zero-order valence-corrected chi connectivity index (χ0v) is 10.1. The van der Waals surface area contributed by atoms with Crippen LogP contribution in [0, 0.1) is 5.41 Å². The van der Waals surface area contributed by atoms with E-state index in [2.05, 4.69) is 0 Å². The Labute approximate surface area is 105 Å². The Balaban J connectivity index is 2.20. The molecule has 0 radical (unpaired) electrons. The number of amidine groups is 1. The first kappa shape index (κ1) is 12.3. The summed E-state index contributed by atoms with van der Waals surface area (Å²) in [5.41, 5.74) is 6.20. The summed E-state index contributed by atoms with van der Waals surface area (Å²) in [6.45, 7) is 1.80. The first-order chi connectivity index (χ1) is 8.52. The molecule has 94 valence electrons. The summed E-state index contributed by atoms with van der Waals surface area (Å²) in [7, 11) is 0. The maximum absolute atomic E-state index is 12.1. The van der Waals surface area contributed by atoms with E-state index in [1.807, 2.05) is 0 Å². The molecule has 0 aliphatic carbocycles. The van der Waals surface area contributed by atoms with Crippen LogP contribution in [0.2, 0.25) is 0 Å². The lowest BCUT2D eigenvalue weighted by Crippen LogP contribution is -2.38. The molecular weight excluding hydrogens is 230 g/mol. The first-order valence-electron chi connectivity index (χ1n) is 5.82. The summed E-state index contributed by atoms with van der Waals surface area (Å²) in [5.74, 6) is -0.447. The van der Waals surface area contributed by atoms with E-state index in [0.29, 0.717) is 24.0 Å². The standard InChI is InChI=1S/C13H15N3O2/c1-8(6-7-11(14)15)16-12(17)9-4-2-3-5-10(9)13(16)18/h2-5,8H,6-7H2,1H3,(H3,14,15). The quantitative estimate of drug-likeness (QED) is 0.477. The monoisotopic (exact) mass is 245 g/mol. The molecule has 1 heterocycles. The number of amides is 2. The number of carbonyl (C=O) groups is 2. The van der Waals surface area contributed by atoms with Gasteiger partial charge in [-0.15, -0.1) is 0 Å². The van der Waals surface area contributed by atoms with E-state index in [1.54, 1.807) is 31.2 Å². The lowest BCUT2D eigenvalue weighted by atomic mass is 10.1. The van der Waals surface area contributed by atoms with Gasteiger partial charge in [0.25, 0.3) is 11.8 Å². The number of benzene rings is 1. The van der Waals surface area contributed by atoms with Crippen LogP contribution in [0.1, 0.15) is 40.5 Å². The first-order valence-corrected chi connectivity index (χ1v) is 5.82. The van der Waals surface area contributed by atoms with Crippen molar-refractivity contribution in [3.05, 3.63) is 35.4 Å². The smallest absolute Gasteiger partial charge is 0.261 e. The Hall–Kier alpha value is -2.17. The molecule has 18 heavy (non-hydrogen) atoms. The third-order valence-electron chi connectivity index (χ3n) is 3.10. The Morgan fingerprint density at radius 2 is 1.78 bits per heavy atom. The van der Waals surface area contributed by atoms with Gasteiger partial charge in [-0.3, -0.25) is 19.9 Å². The molecule has 1 unspecified atom stereocenters. The van der Waals surface area contributed by atoms with Crippen LogP contribution in [0.4, 0.5) is 0 Å². The molecule has 5 nitrogen and oxygen atoms in total. The molecular formula is C13H15N3O2. The minimum atomic E-state index is -0.258. The molecule has 2 amide bonds. The zero-order chi connectivity index (χ0) is 13.3. The molecule has 0 fully saturated rings. The second-order valence-corrected chi connectivity index (χ2v) is 4.44. The molecule has 0 spiro atoms. The molecule has 3 N–H and O–H groups in total. The van der Waals surface area contributed by atoms with Crippen LogP contribution >= 0.6 is 0 Å². The number of rotatable bonds is 4. The summed E-state index contributed by atoms with van der Waals surface area (Å²) in [6, 6.07) is 6.56. The van der Waals surface area contributed by atoms with Crippen molar-refractivity contribution in [3.8, 4) is 0 Å². The Kier molecular flexibility index (Phi) is 3.14. The number of nitrogens with two attached hydrogens (primary N) is 1. The van der Waals surface area contributed by atoms with Crippen LogP contribution in [0.3, 0.4) is 0 Å². The van der Waals surface area contributed by atoms with Crippen molar-refractivity contribution >= 4 is 17.6 Å². The molecule has 1 atom stereocenters. The fraction of sp³-hybridized carbons (Fsp3) is 0.308. The van der Waals surface area contributed by atoms with E-state index in [-0.39, 0.29) is 23.7 Å². The summed E-state index contributed by atoms with van der Waals surface area (Å²) in [6.07, 6.45) is 0.898. The van der Waals surface area contributed by atoms with Gasteiger partial charge in [0.1, 0.15) is 0 Å². The van der Waals surface area contributed by atoms with Crippen LogP contribution in [0.15, 0.2) is 24.3 Å². The van der Waals surface area contributed by atoms with Crippen molar-refractivity contribution in [2.75, 3.05) is 0 Å². The van der Waals surface area contributed by atoms with Crippen molar-refractivity contribution in [1.29, 1.82) is 5.41 Å². The minimum Gasteiger partial charge on any atom is -0.388 e. The molecule has 0 aromatic heterocycles. The third kappa shape index (κ3) is 1.99. The van der Waals surface area contributed by atoms with Gasteiger partial charge in [-0.1, -0.05) is 12.1 Å². The summed E-state index contributed by atoms with van der Waals surface area (Å²) >= 11 is 0. The van der Waals surface area contributed by atoms with Gasteiger partial charge in [0.05, 0.1) is 17.0 Å². The van der Waals surface area contributed by atoms with E-state index in [0.717, 1.165) is 0 Å². The van der Waals surface area contributed by atoms with Crippen LogP contribution in [0.25, 0.3) is 0 Å². The molecule has 1 aliphatic rings. The Morgan fingerprint density at radius 3 is 2.22 bits per heavy atom. The maximum Gasteiger partial charge on any atom is 0.261 e. The van der Waals surface area contributed by atoms with Gasteiger partial charge in [0.2, 0.25) is 0 Å². The molecule has 1 aromatic carbocycles. The SMILES string of the molecule is CC(CCC(=N)N)N1C(=O)c2ccccc2C1=O. The van der Waals surface area contributed by atoms with Gasteiger partial charge in [0, 0.05) is 12.5 Å². The van der Waals surface area contributed by atoms with Crippen LogP contribution in [0.5, 0.6) is 0 Å². The number of imide groups is 1. The van der Waals surface area contributed by atoms with Gasteiger partial charge in [-0.2, -0.15) is 0 Å². The highest BCUT2D eigenvalue weighted by Gasteiger charge is 2.37. The van der Waals surface area contributed by atoms with Crippen LogP contribution < -0.4 is 5.73 Å². The molecule has 0 bridgehead atoms. The highest BCUT2D eigenvalue weighted by Crippen LogP contribution is 2.25. The number of carbonyl (C=O) groups excluding carboxylic acids is 2. The van der Waals surface area contributed by atoms with Gasteiger partial charge < -0.3 is 5.73 Å². The molecule has 5 heteroatoms. The highest BCUT2D eigenvalue weighted by atomic mass is 16.2. The van der Waals surface area contributed by atoms with Crippen molar-refractivity contribution in [2.24, 2.45) is 5.73 Å². The predicted molar refractivity (Wildman–Crippen MR) is 67.6 cm³/mol. The summed E-state index contributed by atoms with van der Waals surface area (Å²) < 4.78 is 0. The number of hydrogen-bond donors (Lipinski definition) is 2.